The number of para-hydroxylation sites is 1. The first kappa shape index (κ1) is 33.2. The third-order valence-corrected chi connectivity index (χ3v) is 10.7. The lowest BCUT2D eigenvalue weighted by molar-refractivity contribution is 0.435. The number of benzene rings is 8. The predicted molar refractivity (Wildman–Crippen MR) is 225 cm³/mol. The fourth-order valence-corrected chi connectivity index (χ4v) is 8.12. The second-order valence-corrected chi connectivity index (χ2v) is 14.0. The number of fused-ring (bicyclic) bond motifs is 2. The Labute approximate surface area is 326 Å². The lowest BCUT2D eigenvalue weighted by Gasteiger charge is -2.41. The van der Waals surface area contributed by atoms with E-state index in [9.17, 15) is 0 Å². The lowest BCUT2D eigenvalue weighted by Crippen LogP contribution is -2.34. The van der Waals surface area contributed by atoms with Crippen molar-refractivity contribution in [3.05, 3.63) is 235 Å². The van der Waals surface area contributed by atoms with Crippen LogP contribution in [0.5, 0.6) is 11.5 Å². The number of ether oxygens (including phenoxy) is 1. The summed E-state index contributed by atoms with van der Waals surface area (Å²) in [4.78, 5) is 15.3. The van der Waals surface area contributed by atoms with Gasteiger partial charge in [0, 0.05) is 27.8 Å². The van der Waals surface area contributed by atoms with E-state index in [1.807, 2.05) is 48.5 Å². The highest BCUT2D eigenvalue weighted by atomic mass is 16.5. The van der Waals surface area contributed by atoms with Gasteiger partial charge in [0.25, 0.3) is 0 Å². The molecule has 4 nitrogen and oxygen atoms in total. The molecule has 264 valence electrons. The van der Waals surface area contributed by atoms with Crippen molar-refractivity contribution in [3.8, 4) is 67.9 Å². The first-order valence-corrected chi connectivity index (χ1v) is 18.9. The molecule has 1 aromatic heterocycles. The quantitative estimate of drug-likeness (QED) is 0.165. The molecule has 2 heterocycles. The van der Waals surface area contributed by atoms with Crippen LogP contribution in [0.2, 0.25) is 0 Å². The van der Waals surface area contributed by atoms with E-state index in [0.717, 1.165) is 61.6 Å². The van der Waals surface area contributed by atoms with Gasteiger partial charge in [-0.3, -0.25) is 0 Å². The summed E-state index contributed by atoms with van der Waals surface area (Å²) in [6, 6.07) is 73.8. The molecule has 10 rings (SSSR count). The molecule has 0 saturated heterocycles. The molecule has 0 amide bonds. The summed E-state index contributed by atoms with van der Waals surface area (Å²) in [5.41, 5.74) is 11.0. The van der Waals surface area contributed by atoms with Crippen LogP contribution < -0.4 is 4.74 Å². The smallest absolute Gasteiger partial charge is 0.164 e. The van der Waals surface area contributed by atoms with Gasteiger partial charge in [0.1, 0.15) is 11.5 Å². The van der Waals surface area contributed by atoms with Crippen molar-refractivity contribution in [3.63, 3.8) is 0 Å². The van der Waals surface area contributed by atoms with Crippen LogP contribution in [0.1, 0.15) is 22.3 Å². The minimum absolute atomic E-state index is 0.571. The zero-order chi connectivity index (χ0) is 37.3. The fourth-order valence-electron chi connectivity index (χ4n) is 8.12. The van der Waals surface area contributed by atoms with Gasteiger partial charge in [0.05, 0.1) is 5.41 Å². The summed E-state index contributed by atoms with van der Waals surface area (Å²) >= 11 is 0. The summed E-state index contributed by atoms with van der Waals surface area (Å²) in [6.45, 7) is 0. The molecule has 9 aromatic rings. The molecular formula is C52H35N3O. The number of hydrogen-bond donors (Lipinski definition) is 0. The fraction of sp³-hybridized carbons (Fsp3) is 0.0192. The highest BCUT2D eigenvalue weighted by Crippen LogP contribution is 2.55. The van der Waals surface area contributed by atoms with Gasteiger partial charge in [-0.05, 0) is 51.6 Å². The van der Waals surface area contributed by atoms with Crippen LogP contribution in [-0.2, 0) is 5.41 Å². The summed E-state index contributed by atoms with van der Waals surface area (Å²) in [5.74, 6) is 3.52. The van der Waals surface area contributed by atoms with Crippen LogP contribution in [-0.4, -0.2) is 15.0 Å². The van der Waals surface area contributed by atoms with E-state index < -0.39 is 5.41 Å². The standard InChI is InChI=1S/C52H35N3O/c1-5-18-36(19-6-1)43-28-13-14-29-44(43)51-54-49(37-20-7-2-8-21-37)53-50(55-51)40-23-17-22-38(34-40)39-32-33-46-48(35-39)56-47-31-16-15-30-45(47)52(46,41-24-9-3-10-25-41)42-26-11-4-12-27-42/h1-35H. The molecule has 0 bridgehead atoms. The maximum Gasteiger partial charge on any atom is 0.164 e. The van der Waals surface area contributed by atoms with E-state index in [1.54, 1.807) is 0 Å². The summed E-state index contributed by atoms with van der Waals surface area (Å²) in [7, 11) is 0. The van der Waals surface area contributed by atoms with Gasteiger partial charge in [0.2, 0.25) is 0 Å². The molecule has 8 aromatic carbocycles. The van der Waals surface area contributed by atoms with Crippen molar-refractivity contribution in [1.82, 2.24) is 15.0 Å². The van der Waals surface area contributed by atoms with Gasteiger partial charge >= 0.3 is 0 Å². The van der Waals surface area contributed by atoms with Gasteiger partial charge in [-0.1, -0.05) is 194 Å². The Morgan fingerprint density at radius 3 is 1.48 bits per heavy atom. The van der Waals surface area contributed by atoms with Crippen molar-refractivity contribution in [1.29, 1.82) is 0 Å². The van der Waals surface area contributed by atoms with Gasteiger partial charge in [0.15, 0.2) is 17.5 Å². The normalized spacial score (nSPS) is 12.6. The van der Waals surface area contributed by atoms with Crippen molar-refractivity contribution >= 4 is 0 Å². The predicted octanol–water partition coefficient (Wildman–Crippen LogP) is 12.7. The van der Waals surface area contributed by atoms with Crippen molar-refractivity contribution < 1.29 is 4.74 Å². The molecule has 0 fully saturated rings. The molecular weight excluding hydrogens is 683 g/mol. The lowest BCUT2D eigenvalue weighted by atomic mass is 9.63. The average molecular weight is 718 g/mol. The topological polar surface area (TPSA) is 47.9 Å². The molecule has 0 radical (unpaired) electrons. The van der Waals surface area contributed by atoms with Crippen molar-refractivity contribution in [2.75, 3.05) is 0 Å². The Morgan fingerprint density at radius 1 is 0.304 bits per heavy atom. The maximum absolute atomic E-state index is 6.80. The molecule has 1 aliphatic rings. The van der Waals surface area contributed by atoms with E-state index in [-0.39, 0.29) is 0 Å². The minimum Gasteiger partial charge on any atom is -0.457 e. The molecule has 0 spiro atoms. The summed E-state index contributed by atoms with van der Waals surface area (Å²) < 4.78 is 6.80. The van der Waals surface area contributed by atoms with Crippen LogP contribution in [0.25, 0.3) is 56.4 Å². The van der Waals surface area contributed by atoms with E-state index in [4.69, 9.17) is 19.7 Å². The third-order valence-electron chi connectivity index (χ3n) is 10.7. The van der Waals surface area contributed by atoms with Crippen LogP contribution in [0, 0.1) is 0 Å². The molecule has 4 heteroatoms. The number of nitrogens with zero attached hydrogens (tertiary/aromatic N) is 3. The van der Waals surface area contributed by atoms with Crippen molar-refractivity contribution in [2.45, 2.75) is 5.41 Å². The highest BCUT2D eigenvalue weighted by molar-refractivity contribution is 5.82. The molecule has 56 heavy (non-hydrogen) atoms. The Bertz CT molecular complexity index is 2780. The monoisotopic (exact) mass is 717 g/mol. The van der Waals surface area contributed by atoms with Gasteiger partial charge in [-0.15, -0.1) is 0 Å². The van der Waals surface area contributed by atoms with Crippen LogP contribution in [0.4, 0.5) is 0 Å². The minimum atomic E-state index is -0.571. The first-order chi connectivity index (χ1) is 27.8. The molecule has 0 saturated carbocycles. The summed E-state index contributed by atoms with van der Waals surface area (Å²) in [6.07, 6.45) is 0. The average Bonchev–Trinajstić information content (AvgIpc) is 3.29. The van der Waals surface area contributed by atoms with Crippen LogP contribution in [0.15, 0.2) is 212 Å². The largest absolute Gasteiger partial charge is 0.457 e. The Balaban J connectivity index is 1.12. The molecule has 0 aliphatic carbocycles. The molecule has 0 unspecified atom stereocenters. The number of hydrogen-bond acceptors (Lipinski definition) is 4. The van der Waals surface area contributed by atoms with Gasteiger partial charge in [-0.2, -0.15) is 0 Å². The molecule has 0 N–H and O–H groups in total. The zero-order valence-electron chi connectivity index (χ0n) is 30.5. The molecule has 1 aliphatic heterocycles. The Morgan fingerprint density at radius 2 is 0.786 bits per heavy atom. The third kappa shape index (κ3) is 5.76. The van der Waals surface area contributed by atoms with Crippen LogP contribution >= 0.6 is 0 Å². The second-order valence-electron chi connectivity index (χ2n) is 14.0. The SMILES string of the molecule is c1ccc(-c2nc(-c3cccc(-c4ccc5c(c4)Oc4ccccc4C5(c4ccccc4)c4ccccc4)c3)nc(-c3ccccc3-c3ccccc3)n2)cc1. The van der Waals surface area contributed by atoms with Gasteiger partial charge < -0.3 is 4.74 Å². The second kappa shape index (κ2) is 14.1. The Hall–Kier alpha value is -7.43. The van der Waals surface area contributed by atoms with E-state index in [2.05, 4.69) is 164 Å². The maximum atomic E-state index is 6.80. The van der Waals surface area contributed by atoms with E-state index >= 15 is 0 Å². The number of aromatic nitrogens is 3. The van der Waals surface area contributed by atoms with E-state index in [1.165, 1.54) is 11.1 Å². The molecule has 0 atom stereocenters. The van der Waals surface area contributed by atoms with E-state index in [0.29, 0.717) is 17.5 Å². The van der Waals surface area contributed by atoms with Crippen molar-refractivity contribution in [2.24, 2.45) is 0 Å². The number of rotatable bonds is 7. The Kier molecular flexibility index (Phi) is 8.34. The van der Waals surface area contributed by atoms with Gasteiger partial charge in [-0.25, -0.2) is 15.0 Å². The highest BCUT2D eigenvalue weighted by Gasteiger charge is 2.45. The zero-order valence-corrected chi connectivity index (χ0v) is 30.5. The first-order valence-electron chi connectivity index (χ1n) is 18.9. The van der Waals surface area contributed by atoms with Crippen LogP contribution in [0.3, 0.4) is 0 Å². The summed E-state index contributed by atoms with van der Waals surface area (Å²) in [5, 5.41) is 0.